The molecule has 0 unspecified atom stereocenters. The first-order valence-electron chi connectivity index (χ1n) is 15.9. The summed E-state index contributed by atoms with van der Waals surface area (Å²) < 4.78 is 16.3. The average Bonchev–Trinajstić information content (AvgIpc) is 3.62. The van der Waals surface area contributed by atoms with Gasteiger partial charge in [0.25, 0.3) is 0 Å². The fourth-order valence-corrected chi connectivity index (χ4v) is 6.25. The number of methoxy groups -OCH3 is 1. The van der Waals surface area contributed by atoms with Crippen LogP contribution in [0.1, 0.15) is 22.3 Å². The van der Waals surface area contributed by atoms with Crippen LogP contribution < -0.4 is 35.8 Å². The van der Waals surface area contributed by atoms with Crippen molar-refractivity contribution in [1.29, 1.82) is 0 Å². The second-order valence-corrected chi connectivity index (χ2v) is 12.5. The van der Waals surface area contributed by atoms with Gasteiger partial charge in [0.15, 0.2) is 23.0 Å². The van der Waals surface area contributed by atoms with E-state index in [0.29, 0.717) is 38.3 Å². The Kier molecular flexibility index (Phi) is 12.7. The Morgan fingerprint density at radius 3 is 1.49 bits per heavy atom. The number of carbonyl (C=O) groups is 2. The van der Waals surface area contributed by atoms with Crippen molar-refractivity contribution in [3.8, 4) is 0 Å². The molecule has 2 aliphatic rings. The number of hydrogen-bond donors (Lipinski definition) is 1. The number of ether oxygens (including phenoxy) is 3. The molecule has 0 aliphatic carbocycles. The van der Waals surface area contributed by atoms with Gasteiger partial charge in [-0.15, -0.1) is 0 Å². The van der Waals surface area contributed by atoms with Crippen molar-refractivity contribution in [3.05, 3.63) is 189 Å². The van der Waals surface area contributed by atoms with Crippen molar-refractivity contribution in [2.75, 3.05) is 7.11 Å². The van der Waals surface area contributed by atoms with Crippen LogP contribution in [-0.4, -0.2) is 24.2 Å². The molecule has 6 aromatic rings. The maximum Gasteiger partial charge on any atom is 1.00 e. The summed E-state index contributed by atoms with van der Waals surface area (Å²) in [6, 6.07) is 41.5. The monoisotopic (exact) mass is 796 g/mol. The third-order valence-electron chi connectivity index (χ3n) is 8.42. The van der Waals surface area contributed by atoms with Gasteiger partial charge in [0.05, 0.1) is 7.11 Å². The van der Waals surface area contributed by atoms with E-state index in [4.69, 9.17) is 37.4 Å². The van der Waals surface area contributed by atoms with Crippen LogP contribution in [0.4, 0.5) is 0 Å². The molecule has 2 aliphatic heterocycles. The number of carbonyl (C=O) groups excluding carboxylic acids is 2. The molecule has 0 aromatic heterocycles. The molecule has 10 heteroatoms. The first kappa shape index (κ1) is 39.2. The zero-order valence-corrected chi connectivity index (χ0v) is 31.6. The van der Waals surface area contributed by atoms with Gasteiger partial charge in [-0.25, -0.2) is 9.59 Å². The normalized spacial score (nSPS) is 15.2. The van der Waals surface area contributed by atoms with E-state index >= 15 is 0 Å². The van der Waals surface area contributed by atoms with Crippen LogP contribution in [0.3, 0.4) is 0 Å². The predicted molar refractivity (Wildman–Crippen MR) is 202 cm³/mol. The van der Waals surface area contributed by atoms with Crippen molar-refractivity contribution in [1.82, 2.24) is 0 Å². The average molecular weight is 798 g/mol. The summed E-state index contributed by atoms with van der Waals surface area (Å²) in [6.45, 7) is 0. The summed E-state index contributed by atoms with van der Waals surface area (Å²) in [7, 11) is 1.53. The van der Waals surface area contributed by atoms with E-state index in [9.17, 15) is 14.7 Å². The summed E-state index contributed by atoms with van der Waals surface area (Å²) >= 11 is 11.8. The molecule has 0 fully saturated rings. The number of aliphatic hydroxyl groups is 1. The van der Waals surface area contributed by atoms with Crippen LogP contribution in [-0.2, 0) is 23.8 Å². The van der Waals surface area contributed by atoms with Gasteiger partial charge in [0.2, 0.25) is 0 Å². The number of halogens is 3. The SMILES string of the molecule is COC1=C(c2ccc(Cl)cc2)C(=O)O/C1=C\c1cccc2ccccc12.O=C1O/C(=C\c2cccc3ccccc23)C(O)=C1c1ccc(Cl)cc1.[Br-].[Li+]. The van der Waals surface area contributed by atoms with Crippen LogP contribution in [0.5, 0.6) is 0 Å². The number of rotatable bonds is 5. The van der Waals surface area contributed by atoms with E-state index in [1.165, 1.54) is 7.11 Å². The van der Waals surface area contributed by atoms with Gasteiger partial charge in [-0.2, -0.15) is 0 Å². The summed E-state index contributed by atoms with van der Waals surface area (Å²) in [6.07, 6.45) is 3.51. The van der Waals surface area contributed by atoms with Gasteiger partial charge < -0.3 is 36.3 Å². The van der Waals surface area contributed by atoms with E-state index in [1.807, 2.05) is 91.0 Å². The minimum absolute atomic E-state index is 0. The third kappa shape index (κ3) is 8.31. The topological polar surface area (TPSA) is 82.1 Å². The predicted octanol–water partition coefficient (Wildman–Crippen LogP) is 4.82. The fraction of sp³-hybridized carbons (Fsp3) is 0.0233. The van der Waals surface area contributed by atoms with Crippen LogP contribution in [0, 0.1) is 0 Å². The van der Waals surface area contributed by atoms with E-state index in [0.717, 1.165) is 32.7 Å². The van der Waals surface area contributed by atoms with E-state index in [2.05, 4.69) is 0 Å². The van der Waals surface area contributed by atoms with E-state index < -0.39 is 11.9 Å². The maximum absolute atomic E-state index is 12.5. The summed E-state index contributed by atoms with van der Waals surface area (Å²) in [5.41, 5.74) is 3.63. The molecule has 0 amide bonds. The number of benzene rings is 6. The molecule has 0 saturated carbocycles. The molecule has 0 radical (unpaired) electrons. The van der Waals surface area contributed by atoms with Crippen molar-refractivity contribution in [2.24, 2.45) is 0 Å². The molecule has 6 nitrogen and oxygen atoms in total. The quantitative estimate of drug-likeness (QED) is 0.199. The van der Waals surface area contributed by atoms with Crippen molar-refractivity contribution in [3.63, 3.8) is 0 Å². The number of fused-ring (bicyclic) bond motifs is 2. The zero-order chi connectivity index (χ0) is 35.5. The standard InChI is InChI=1S/C22H15ClO3.C21H13ClO3.BrH.Li/c1-25-21-19(13-16-7-4-6-14-5-2-3-8-18(14)16)26-22(24)20(21)15-9-11-17(23)12-10-15;22-16-10-8-14(9-11-16)19-20(23)18(25-21(19)24)12-15-6-3-5-13-4-1-2-7-17(13)15;;/h2-13H,1H3;1-12,23H;1H;/q;;;+1/p-1/b19-13-;18-12-;;. The maximum atomic E-state index is 12.5. The Hall–Kier alpha value is -5.00. The molecule has 0 spiro atoms. The second kappa shape index (κ2) is 17.2. The van der Waals surface area contributed by atoms with Crippen LogP contribution >= 0.6 is 23.2 Å². The van der Waals surface area contributed by atoms with Gasteiger partial charge in [-0.05, 0) is 80.2 Å². The Labute approximate surface area is 338 Å². The molecule has 8 rings (SSSR count). The number of cyclic esters (lactones) is 2. The molecule has 0 bridgehead atoms. The van der Waals surface area contributed by atoms with Crippen LogP contribution in [0.15, 0.2) is 156 Å². The van der Waals surface area contributed by atoms with Crippen LogP contribution in [0.2, 0.25) is 10.0 Å². The van der Waals surface area contributed by atoms with E-state index in [1.54, 1.807) is 54.6 Å². The molecule has 0 saturated heterocycles. The molecule has 0 atom stereocenters. The third-order valence-corrected chi connectivity index (χ3v) is 8.93. The van der Waals surface area contributed by atoms with Gasteiger partial charge in [0.1, 0.15) is 11.1 Å². The molecule has 258 valence electrons. The van der Waals surface area contributed by atoms with Crippen molar-refractivity contribution in [2.45, 2.75) is 0 Å². The second-order valence-electron chi connectivity index (χ2n) is 11.6. The van der Waals surface area contributed by atoms with Gasteiger partial charge in [-0.3, -0.25) is 0 Å². The first-order chi connectivity index (χ1) is 24.8. The molecular formula is C43H28BrCl2LiO6. The zero-order valence-electron chi connectivity index (χ0n) is 28.5. The minimum Gasteiger partial charge on any atom is -1.00 e. The van der Waals surface area contributed by atoms with Crippen LogP contribution in [0.25, 0.3) is 44.8 Å². The summed E-state index contributed by atoms with van der Waals surface area (Å²) in [4.78, 5) is 24.7. The number of aliphatic hydroxyl groups excluding tert-OH is 1. The summed E-state index contributed by atoms with van der Waals surface area (Å²) in [5.74, 6) is -0.211. The molecule has 2 heterocycles. The molecule has 53 heavy (non-hydrogen) atoms. The number of esters is 2. The molecule has 1 N–H and O–H groups in total. The fourth-order valence-electron chi connectivity index (χ4n) is 6.00. The molecular weight excluding hydrogens is 770 g/mol. The van der Waals surface area contributed by atoms with Gasteiger partial charge >= 0.3 is 30.8 Å². The summed E-state index contributed by atoms with van der Waals surface area (Å²) in [5, 5.41) is 16.0. The molecule has 6 aromatic carbocycles. The Balaban J connectivity index is 0.000000197. The van der Waals surface area contributed by atoms with Gasteiger partial charge in [-0.1, -0.05) is 132 Å². The Bertz CT molecular complexity index is 2460. The van der Waals surface area contributed by atoms with E-state index in [-0.39, 0.29) is 52.9 Å². The minimum atomic E-state index is -0.577. The number of hydrogen-bond acceptors (Lipinski definition) is 6. The van der Waals surface area contributed by atoms with Crippen molar-refractivity contribution < 1.29 is 64.7 Å². The largest absolute Gasteiger partial charge is 1.00 e. The van der Waals surface area contributed by atoms with Gasteiger partial charge in [0, 0.05) is 10.0 Å². The first-order valence-corrected chi connectivity index (χ1v) is 16.6. The van der Waals surface area contributed by atoms with Crippen molar-refractivity contribution >= 4 is 80.0 Å². The smallest absolute Gasteiger partial charge is 1.00 e. The Morgan fingerprint density at radius 2 is 0.981 bits per heavy atom. The Morgan fingerprint density at radius 1 is 0.566 bits per heavy atom.